The Hall–Kier alpha value is -1.23. The van der Waals surface area contributed by atoms with Gasteiger partial charge in [-0.1, -0.05) is 18.2 Å². The van der Waals surface area contributed by atoms with Crippen molar-refractivity contribution in [1.29, 1.82) is 0 Å². The minimum atomic E-state index is -4.68. The first kappa shape index (κ1) is 12.2. The number of alkyl halides is 3. The first-order valence-electron chi connectivity index (χ1n) is 5.41. The molecule has 0 heterocycles. The largest absolute Gasteiger partial charge is 0.573 e. The molecule has 3 atom stereocenters. The summed E-state index contributed by atoms with van der Waals surface area (Å²) in [6, 6.07) is 6.11. The van der Waals surface area contributed by atoms with Gasteiger partial charge in [-0.25, -0.2) is 0 Å². The molecule has 0 saturated heterocycles. The molecule has 1 N–H and O–H groups in total. The third kappa shape index (κ3) is 2.91. The minimum Gasteiger partial charge on any atom is -0.405 e. The van der Waals surface area contributed by atoms with Crippen LogP contribution in [0.3, 0.4) is 0 Å². The molecular formula is C12H13F3O2. The van der Waals surface area contributed by atoms with Crippen LogP contribution in [-0.4, -0.2) is 17.6 Å². The van der Waals surface area contributed by atoms with E-state index in [4.69, 9.17) is 0 Å². The average molecular weight is 246 g/mol. The first-order chi connectivity index (χ1) is 7.88. The topological polar surface area (TPSA) is 29.5 Å². The zero-order chi connectivity index (χ0) is 12.6. The van der Waals surface area contributed by atoms with Gasteiger partial charge in [0.05, 0.1) is 6.10 Å². The zero-order valence-corrected chi connectivity index (χ0v) is 9.24. The van der Waals surface area contributed by atoms with Crippen LogP contribution in [0.2, 0.25) is 0 Å². The molecule has 0 aromatic heterocycles. The van der Waals surface area contributed by atoms with Gasteiger partial charge in [0.25, 0.3) is 0 Å². The van der Waals surface area contributed by atoms with Gasteiger partial charge in [0.15, 0.2) is 0 Å². The number of hydrogen-bond acceptors (Lipinski definition) is 2. The van der Waals surface area contributed by atoms with Crippen LogP contribution >= 0.6 is 0 Å². The Morgan fingerprint density at radius 2 is 2.00 bits per heavy atom. The quantitative estimate of drug-likeness (QED) is 0.888. The molecule has 1 saturated carbocycles. The third-order valence-corrected chi connectivity index (χ3v) is 3.00. The maximum absolute atomic E-state index is 12.2. The summed E-state index contributed by atoms with van der Waals surface area (Å²) in [6.45, 7) is 1.65. The number of para-hydroxylation sites is 1. The standard InChI is InChI=1S/C12H13F3O2/c1-7(16)9-6-10(9)8-4-2-3-5-11(8)17-12(13,14)15/h2-5,7,9-10,16H,6H2,1H3/t7-,9-,10-/m1/s1. The Bertz CT molecular complexity index is 401. The second-order valence-corrected chi connectivity index (χ2v) is 4.33. The summed E-state index contributed by atoms with van der Waals surface area (Å²) in [7, 11) is 0. The molecule has 1 aliphatic rings. The molecule has 1 aromatic rings. The normalized spacial score (nSPS) is 25.5. The Labute approximate surface area is 97.0 Å². The lowest BCUT2D eigenvalue weighted by atomic mass is 10.1. The van der Waals surface area contributed by atoms with Crippen LogP contribution in [0, 0.1) is 5.92 Å². The van der Waals surface area contributed by atoms with Gasteiger partial charge < -0.3 is 9.84 Å². The van der Waals surface area contributed by atoms with Crippen molar-refractivity contribution in [3.8, 4) is 5.75 Å². The van der Waals surface area contributed by atoms with Gasteiger partial charge in [-0.05, 0) is 36.8 Å². The van der Waals surface area contributed by atoms with E-state index in [1.165, 1.54) is 12.1 Å². The Morgan fingerprint density at radius 1 is 1.35 bits per heavy atom. The zero-order valence-electron chi connectivity index (χ0n) is 9.24. The highest BCUT2D eigenvalue weighted by Crippen LogP contribution is 2.52. The lowest BCUT2D eigenvalue weighted by Crippen LogP contribution is -2.18. The summed E-state index contributed by atoms with van der Waals surface area (Å²) >= 11 is 0. The summed E-state index contributed by atoms with van der Waals surface area (Å²) in [5.41, 5.74) is 0.524. The highest BCUT2D eigenvalue weighted by Gasteiger charge is 2.44. The summed E-state index contributed by atoms with van der Waals surface area (Å²) in [5.74, 6) is -0.158. The van der Waals surface area contributed by atoms with E-state index in [1.807, 2.05) is 0 Å². The number of rotatable bonds is 3. The van der Waals surface area contributed by atoms with E-state index in [-0.39, 0.29) is 17.6 Å². The molecule has 1 aromatic carbocycles. The predicted octanol–water partition coefficient (Wildman–Crippen LogP) is 3.07. The van der Waals surface area contributed by atoms with Crippen molar-refractivity contribution >= 4 is 0 Å². The molecule has 1 fully saturated rings. The molecule has 0 spiro atoms. The fraction of sp³-hybridized carbons (Fsp3) is 0.500. The molecule has 0 bridgehead atoms. The van der Waals surface area contributed by atoms with E-state index in [0.717, 1.165) is 0 Å². The van der Waals surface area contributed by atoms with Gasteiger partial charge in [-0.2, -0.15) is 0 Å². The number of aliphatic hydroxyl groups excluding tert-OH is 1. The van der Waals surface area contributed by atoms with E-state index in [1.54, 1.807) is 19.1 Å². The van der Waals surface area contributed by atoms with E-state index in [9.17, 15) is 18.3 Å². The minimum absolute atomic E-state index is 0.0338. The van der Waals surface area contributed by atoms with Crippen LogP contribution in [-0.2, 0) is 0 Å². The predicted molar refractivity (Wildman–Crippen MR) is 55.7 cm³/mol. The molecule has 17 heavy (non-hydrogen) atoms. The monoisotopic (exact) mass is 246 g/mol. The second-order valence-electron chi connectivity index (χ2n) is 4.33. The number of hydrogen-bond donors (Lipinski definition) is 1. The van der Waals surface area contributed by atoms with Gasteiger partial charge in [0.1, 0.15) is 5.75 Å². The fourth-order valence-electron chi connectivity index (χ4n) is 2.11. The number of ether oxygens (including phenoxy) is 1. The smallest absolute Gasteiger partial charge is 0.405 e. The average Bonchev–Trinajstić information content (AvgIpc) is 2.95. The molecule has 0 radical (unpaired) electrons. The van der Waals surface area contributed by atoms with Crippen molar-refractivity contribution in [2.24, 2.45) is 5.92 Å². The number of halogens is 3. The summed E-state index contributed by atoms with van der Waals surface area (Å²) in [6.07, 6.45) is -4.47. The Morgan fingerprint density at radius 3 is 2.53 bits per heavy atom. The van der Waals surface area contributed by atoms with Crippen LogP contribution in [0.4, 0.5) is 13.2 Å². The van der Waals surface area contributed by atoms with Crippen molar-refractivity contribution in [2.75, 3.05) is 0 Å². The molecule has 94 valence electrons. The molecule has 2 nitrogen and oxygen atoms in total. The number of aliphatic hydroxyl groups is 1. The highest BCUT2D eigenvalue weighted by molar-refractivity contribution is 5.40. The first-order valence-corrected chi connectivity index (χ1v) is 5.41. The lowest BCUT2D eigenvalue weighted by Gasteiger charge is -2.13. The van der Waals surface area contributed by atoms with Gasteiger partial charge in [0.2, 0.25) is 0 Å². The highest BCUT2D eigenvalue weighted by atomic mass is 19.4. The van der Waals surface area contributed by atoms with Crippen molar-refractivity contribution in [3.63, 3.8) is 0 Å². The summed E-state index contributed by atoms with van der Waals surface area (Å²) in [4.78, 5) is 0. The van der Waals surface area contributed by atoms with E-state index >= 15 is 0 Å². The third-order valence-electron chi connectivity index (χ3n) is 3.00. The summed E-state index contributed by atoms with van der Waals surface area (Å²) < 4.78 is 40.5. The molecule has 0 amide bonds. The van der Waals surface area contributed by atoms with E-state index in [2.05, 4.69) is 4.74 Å². The van der Waals surface area contributed by atoms with Crippen LogP contribution in [0.15, 0.2) is 24.3 Å². The molecule has 0 unspecified atom stereocenters. The molecule has 5 heteroatoms. The van der Waals surface area contributed by atoms with Gasteiger partial charge >= 0.3 is 6.36 Å². The van der Waals surface area contributed by atoms with Crippen LogP contribution in [0.1, 0.15) is 24.8 Å². The summed E-state index contributed by atoms with van der Waals surface area (Å²) in [5, 5.41) is 9.38. The maximum Gasteiger partial charge on any atom is 0.573 e. The van der Waals surface area contributed by atoms with Crippen molar-refractivity contribution in [2.45, 2.75) is 31.7 Å². The lowest BCUT2D eigenvalue weighted by molar-refractivity contribution is -0.274. The molecular weight excluding hydrogens is 233 g/mol. The van der Waals surface area contributed by atoms with Crippen LogP contribution in [0.5, 0.6) is 5.75 Å². The SMILES string of the molecule is C[C@@H](O)[C@H]1C[C@@H]1c1ccccc1OC(F)(F)F. The van der Waals surface area contributed by atoms with Gasteiger partial charge in [-0.15, -0.1) is 13.2 Å². The molecule has 0 aliphatic heterocycles. The van der Waals surface area contributed by atoms with Gasteiger partial charge in [0, 0.05) is 0 Å². The second kappa shape index (κ2) is 4.22. The maximum atomic E-state index is 12.2. The fourth-order valence-corrected chi connectivity index (χ4v) is 2.11. The van der Waals surface area contributed by atoms with Crippen molar-refractivity contribution in [1.82, 2.24) is 0 Å². The van der Waals surface area contributed by atoms with E-state index in [0.29, 0.717) is 12.0 Å². The van der Waals surface area contributed by atoms with Crippen LogP contribution < -0.4 is 4.74 Å². The molecule has 2 rings (SSSR count). The van der Waals surface area contributed by atoms with Gasteiger partial charge in [-0.3, -0.25) is 0 Å². The van der Waals surface area contributed by atoms with Crippen molar-refractivity contribution < 1.29 is 23.0 Å². The molecule has 1 aliphatic carbocycles. The van der Waals surface area contributed by atoms with E-state index < -0.39 is 12.5 Å². The van der Waals surface area contributed by atoms with Crippen molar-refractivity contribution in [3.05, 3.63) is 29.8 Å². The Balaban J connectivity index is 2.18. The Kier molecular flexibility index (Phi) is 3.03. The van der Waals surface area contributed by atoms with Crippen LogP contribution in [0.25, 0.3) is 0 Å². The number of benzene rings is 1.